The minimum Gasteiger partial charge on any atom is -1.00 e. The molecule has 7 heteroatoms. The number of hydrogen-bond donors (Lipinski definition) is 0. The zero-order valence-corrected chi connectivity index (χ0v) is 20.0. The van der Waals surface area contributed by atoms with Gasteiger partial charge < -0.3 is 24.0 Å². The highest BCUT2D eigenvalue weighted by molar-refractivity contribution is 14.1. The number of aromatic nitrogens is 2. The van der Waals surface area contributed by atoms with Crippen molar-refractivity contribution in [3.63, 3.8) is 0 Å². The molecule has 5 rings (SSSR count). The van der Waals surface area contributed by atoms with Crippen LogP contribution >= 0.6 is 45.7 Å². The summed E-state index contributed by atoms with van der Waals surface area (Å²) < 4.78 is 5.50. The maximum Gasteiger partial charge on any atom is 0.352 e. The number of rotatable bonds is 2. The van der Waals surface area contributed by atoms with Crippen molar-refractivity contribution in [1.29, 1.82) is 0 Å². The van der Waals surface area contributed by atoms with E-state index in [-0.39, 0.29) is 29.5 Å². The lowest BCUT2D eigenvalue weighted by atomic mass is 9.97. The maximum absolute atomic E-state index is 13.6. The van der Waals surface area contributed by atoms with Gasteiger partial charge in [0.1, 0.15) is 17.1 Å². The third-order valence-corrected chi connectivity index (χ3v) is 8.65. The number of benzene rings is 1. The minimum absolute atomic E-state index is 0. The lowest BCUT2D eigenvalue weighted by Crippen LogP contribution is -3.00. The van der Waals surface area contributed by atoms with E-state index in [1.54, 1.807) is 0 Å². The second kappa shape index (κ2) is 7.71. The summed E-state index contributed by atoms with van der Waals surface area (Å²) in [4.78, 5) is 16.2. The first kappa shape index (κ1) is 19.2. The van der Waals surface area contributed by atoms with Crippen molar-refractivity contribution in [3.05, 3.63) is 51.1 Å². The summed E-state index contributed by atoms with van der Waals surface area (Å²) in [6.45, 7) is 0. The van der Waals surface area contributed by atoms with E-state index in [9.17, 15) is 4.79 Å². The molecule has 0 radical (unpaired) electrons. The van der Waals surface area contributed by atoms with E-state index >= 15 is 0 Å². The molecule has 136 valence electrons. The van der Waals surface area contributed by atoms with E-state index in [2.05, 4.69) is 27.2 Å². The molecule has 1 aromatic carbocycles. The maximum atomic E-state index is 13.6. The molecule has 0 N–H and O–H groups in total. The Morgan fingerprint density at radius 3 is 2.73 bits per heavy atom. The molecule has 1 atom stereocenters. The van der Waals surface area contributed by atoms with E-state index in [0.29, 0.717) is 6.04 Å². The number of para-hydroxylation sites is 1. The van der Waals surface area contributed by atoms with E-state index < -0.39 is 0 Å². The third-order valence-electron chi connectivity index (χ3n) is 5.15. The number of alkyl halides is 1. The number of aryl methyl sites for hydroxylation is 2. The SMILES string of the molecule is O=c1c2c3c(sc2[n+]2c(n1-c1ccccc1)SCC2CI)CCCC3.[I-]. The molecule has 1 aliphatic heterocycles. The van der Waals surface area contributed by atoms with Gasteiger partial charge >= 0.3 is 10.7 Å². The van der Waals surface area contributed by atoms with Crippen molar-refractivity contribution >= 4 is 55.9 Å². The van der Waals surface area contributed by atoms with E-state index in [1.165, 1.54) is 28.1 Å². The molecule has 2 aromatic heterocycles. The zero-order chi connectivity index (χ0) is 17.0. The molecule has 1 aliphatic carbocycles. The van der Waals surface area contributed by atoms with Gasteiger partial charge in [-0.3, -0.25) is 0 Å². The molecule has 0 saturated carbocycles. The van der Waals surface area contributed by atoms with Gasteiger partial charge in [-0.1, -0.05) is 52.1 Å². The van der Waals surface area contributed by atoms with Crippen molar-refractivity contribution < 1.29 is 28.5 Å². The fourth-order valence-electron chi connectivity index (χ4n) is 3.95. The Balaban J connectivity index is 0.00000168. The van der Waals surface area contributed by atoms with Crippen LogP contribution in [-0.4, -0.2) is 14.7 Å². The molecule has 3 nitrogen and oxygen atoms in total. The smallest absolute Gasteiger partial charge is 0.352 e. The predicted molar refractivity (Wildman–Crippen MR) is 113 cm³/mol. The van der Waals surface area contributed by atoms with Crippen LogP contribution in [0.2, 0.25) is 0 Å². The number of fused-ring (bicyclic) bond motifs is 5. The Morgan fingerprint density at radius 2 is 1.96 bits per heavy atom. The van der Waals surface area contributed by atoms with Crippen LogP contribution < -0.4 is 34.1 Å². The molecule has 0 saturated heterocycles. The van der Waals surface area contributed by atoms with Crippen molar-refractivity contribution in [3.8, 4) is 5.69 Å². The lowest BCUT2D eigenvalue weighted by molar-refractivity contribution is -0.722. The topological polar surface area (TPSA) is 25.9 Å². The van der Waals surface area contributed by atoms with Gasteiger partial charge in [-0.25, -0.2) is 9.36 Å². The van der Waals surface area contributed by atoms with Crippen molar-refractivity contribution in [2.75, 3.05) is 10.2 Å². The third kappa shape index (κ3) is 2.88. The second-order valence-electron chi connectivity index (χ2n) is 6.64. The van der Waals surface area contributed by atoms with E-state index in [1.807, 2.05) is 58.0 Å². The average Bonchev–Trinajstić information content (AvgIpc) is 3.24. The van der Waals surface area contributed by atoms with Crippen LogP contribution in [0.25, 0.3) is 15.9 Å². The van der Waals surface area contributed by atoms with Crippen LogP contribution in [-0.2, 0) is 12.8 Å². The van der Waals surface area contributed by atoms with Crippen LogP contribution in [0.15, 0.2) is 40.3 Å². The average molecular weight is 608 g/mol. The molecule has 2 aliphatic rings. The first-order chi connectivity index (χ1) is 12.3. The molecule has 0 amide bonds. The molecule has 0 spiro atoms. The molecule has 26 heavy (non-hydrogen) atoms. The van der Waals surface area contributed by atoms with Gasteiger partial charge in [-0.2, -0.15) is 4.57 Å². The first-order valence-electron chi connectivity index (χ1n) is 8.68. The Bertz CT molecular complexity index is 1030. The van der Waals surface area contributed by atoms with Crippen LogP contribution in [0, 0.1) is 0 Å². The summed E-state index contributed by atoms with van der Waals surface area (Å²) in [5.41, 5.74) is 2.49. The molecule has 3 heterocycles. The van der Waals surface area contributed by atoms with Crippen molar-refractivity contribution in [1.82, 2.24) is 4.57 Å². The summed E-state index contributed by atoms with van der Waals surface area (Å²) >= 11 is 6.18. The molecular formula is C19H18I2N2OS2. The van der Waals surface area contributed by atoms with Crippen LogP contribution in [0.5, 0.6) is 0 Å². The molecular weight excluding hydrogens is 590 g/mol. The largest absolute Gasteiger partial charge is 1.00 e. The normalized spacial score (nSPS) is 18.4. The van der Waals surface area contributed by atoms with E-state index in [0.717, 1.165) is 39.3 Å². The summed E-state index contributed by atoms with van der Waals surface area (Å²) in [6.07, 6.45) is 4.65. The number of hydrogen-bond acceptors (Lipinski definition) is 3. The lowest BCUT2D eigenvalue weighted by Gasteiger charge is -2.11. The second-order valence-corrected chi connectivity index (χ2v) is 9.59. The summed E-state index contributed by atoms with van der Waals surface area (Å²) in [5.74, 6) is 1.05. The van der Waals surface area contributed by atoms with Crippen molar-refractivity contribution in [2.45, 2.75) is 36.9 Å². The van der Waals surface area contributed by atoms with Gasteiger partial charge in [-0.05, 0) is 55.1 Å². The summed E-state index contributed by atoms with van der Waals surface area (Å²) in [7, 11) is 0. The number of halogens is 2. The monoisotopic (exact) mass is 608 g/mol. The highest BCUT2D eigenvalue weighted by Gasteiger charge is 2.38. The molecule has 1 unspecified atom stereocenters. The number of thiophene rings is 1. The summed E-state index contributed by atoms with van der Waals surface area (Å²) in [6, 6.07) is 10.6. The van der Waals surface area contributed by atoms with Crippen molar-refractivity contribution in [2.24, 2.45) is 0 Å². The highest BCUT2D eigenvalue weighted by Crippen LogP contribution is 2.37. The van der Waals surface area contributed by atoms with Gasteiger partial charge in [0.2, 0.25) is 0 Å². The highest BCUT2D eigenvalue weighted by atomic mass is 127. The zero-order valence-electron chi connectivity index (χ0n) is 14.1. The molecule has 3 aromatic rings. The van der Waals surface area contributed by atoms with Gasteiger partial charge in [0.25, 0.3) is 0 Å². The molecule has 0 fully saturated rings. The van der Waals surface area contributed by atoms with Crippen LogP contribution in [0.1, 0.15) is 29.3 Å². The summed E-state index contributed by atoms with van der Waals surface area (Å²) in [5, 5.41) is 2.09. The molecule has 0 bridgehead atoms. The minimum atomic E-state index is 0. The van der Waals surface area contributed by atoms with Gasteiger partial charge in [0, 0.05) is 15.1 Å². The fraction of sp³-hybridized carbons (Fsp3) is 0.368. The predicted octanol–water partition coefficient (Wildman–Crippen LogP) is 1.30. The fourth-order valence-corrected chi connectivity index (χ4v) is 7.90. The number of thioether (sulfide) groups is 1. The Morgan fingerprint density at radius 1 is 1.19 bits per heavy atom. The quantitative estimate of drug-likeness (QED) is 0.190. The van der Waals surface area contributed by atoms with Gasteiger partial charge in [0.05, 0.1) is 0 Å². The van der Waals surface area contributed by atoms with Crippen LogP contribution in [0.3, 0.4) is 0 Å². The Labute approximate surface area is 191 Å². The Hall–Kier alpha value is -0.130. The van der Waals surface area contributed by atoms with Gasteiger partial charge in [-0.15, -0.1) is 0 Å². The van der Waals surface area contributed by atoms with Gasteiger partial charge in [0.15, 0.2) is 4.83 Å². The van der Waals surface area contributed by atoms with Crippen LogP contribution in [0.4, 0.5) is 0 Å². The standard InChI is InChI=1S/C19H18IN2OS2.HI/c20-10-13-11-24-19-21(12-6-2-1-3-7-12)17(23)16-14-8-4-5-9-15(14)25-18(16)22(13)19;/h1-3,6-7,13H,4-5,8-11H2;1H/q+1;/p-1. The van der Waals surface area contributed by atoms with E-state index in [4.69, 9.17) is 0 Å². The Kier molecular flexibility index (Phi) is 5.69. The number of nitrogens with zero attached hydrogens (tertiary/aromatic N) is 2. The first-order valence-corrected chi connectivity index (χ1v) is 12.0.